The zero-order valence-electron chi connectivity index (χ0n) is 18.5. The second-order valence-electron chi connectivity index (χ2n) is 9.11. The summed E-state index contributed by atoms with van der Waals surface area (Å²) in [7, 11) is 0. The average Bonchev–Trinajstić information content (AvgIpc) is 2.77. The molecule has 0 bridgehead atoms. The molecule has 0 saturated heterocycles. The number of benzene rings is 3. The minimum Gasteiger partial charge on any atom is -0.489 e. The fraction of sp³-hybridized carbons (Fsp3) is 0.296. The lowest BCUT2D eigenvalue weighted by Gasteiger charge is -2.30. The highest BCUT2D eigenvalue weighted by molar-refractivity contribution is 5.93. The predicted octanol–water partition coefficient (Wildman–Crippen LogP) is 5.27. The number of carbonyl (C=O) groups excluding carboxylic acids is 1. The number of nitrogens with zero attached hydrogens (tertiary/aromatic N) is 1. The molecule has 3 aromatic rings. The zero-order chi connectivity index (χ0) is 21.8. The van der Waals surface area contributed by atoms with Crippen molar-refractivity contribution in [3.8, 4) is 5.75 Å². The van der Waals surface area contributed by atoms with E-state index in [0.717, 1.165) is 24.3 Å². The van der Waals surface area contributed by atoms with Crippen LogP contribution in [0, 0.1) is 0 Å². The Morgan fingerprint density at radius 1 is 0.968 bits per heavy atom. The highest BCUT2D eigenvalue weighted by Gasteiger charge is 2.21. The second kappa shape index (κ2) is 8.94. The Labute approximate surface area is 184 Å². The molecule has 0 radical (unpaired) electrons. The van der Waals surface area contributed by atoms with Gasteiger partial charge in [0.05, 0.1) is 0 Å². The first kappa shape index (κ1) is 21.1. The quantitative estimate of drug-likeness (QED) is 0.619. The molecule has 0 saturated carbocycles. The van der Waals surface area contributed by atoms with Gasteiger partial charge in [0.1, 0.15) is 12.4 Å². The van der Waals surface area contributed by atoms with Crippen molar-refractivity contribution >= 4 is 5.91 Å². The summed E-state index contributed by atoms with van der Waals surface area (Å²) < 4.78 is 6.11. The second-order valence-corrected chi connectivity index (χ2v) is 9.11. The van der Waals surface area contributed by atoms with Gasteiger partial charge < -0.3 is 4.74 Å². The lowest BCUT2D eigenvalue weighted by Crippen LogP contribution is -2.45. The standard InChI is InChI=1S/C27H30N2O2/c1-27(2,3)23-14-12-21(13-15-23)26(30)28-29-17-16-24-22(18-29)10-7-11-25(24)31-19-20-8-5-4-6-9-20/h4-15H,16-19H2,1-3H3,(H,28,30). The molecule has 4 nitrogen and oxygen atoms in total. The van der Waals surface area contributed by atoms with Gasteiger partial charge in [0.2, 0.25) is 0 Å². The lowest BCUT2D eigenvalue weighted by atomic mass is 9.87. The van der Waals surface area contributed by atoms with Crippen LogP contribution in [0.25, 0.3) is 0 Å². The van der Waals surface area contributed by atoms with Crippen LogP contribution in [0.15, 0.2) is 72.8 Å². The monoisotopic (exact) mass is 414 g/mol. The molecule has 0 aliphatic carbocycles. The normalized spacial score (nSPS) is 14.0. The summed E-state index contributed by atoms with van der Waals surface area (Å²) >= 11 is 0. The zero-order valence-corrected chi connectivity index (χ0v) is 18.5. The number of hydrogen-bond acceptors (Lipinski definition) is 3. The van der Waals surface area contributed by atoms with Gasteiger partial charge in [-0.25, -0.2) is 5.01 Å². The Hall–Kier alpha value is -3.11. The Balaban J connectivity index is 1.39. The van der Waals surface area contributed by atoms with Crippen LogP contribution in [0.3, 0.4) is 0 Å². The van der Waals surface area contributed by atoms with Gasteiger partial charge in [-0.05, 0) is 46.7 Å². The summed E-state index contributed by atoms with van der Waals surface area (Å²) in [5.74, 6) is 0.866. The van der Waals surface area contributed by atoms with Crippen molar-refractivity contribution in [2.24, 2.45) is 0 Å². The Morgan fingerprint density at radius 2 is 1.71 bits per heavy atom. The van der Waals surface area contributed by atoms with E-state index in [0.29, 0.717) is 18.7 Å². The molecule has 0 atom stereocenters. The van der Waals surface area contributed by atoms with Crippen LogP contribution in [0.2, 0.25) is 0 Å². The molecule has 0 spiro atoms. The lowest BCUT2D eigenvalue weighted by molar-refractivity contribution is 0.0762. The highest BCUT2D eigenvalue weighted by atomic mass is 16.5. The molecule has 1 aliphatic rings. The first-order valence-corrected chi connectivity index (χ1v) is 10.8. The van der Waals surface area contributed by atoms with E-state index < -0.39 is 0 Å². The molecule has 1 amide bonds. The molecule has 3 aromatic carbocycles. The number of hydrogen-bond donors (Lipinski definition) is 1. The van der Waals surface area contributed by atoms with Crippen molar-refractivity contribution in [3.63, 3.8) is 0 Å². The third-order valence-electron chi connectivity index (χ3n) is 5.73. The number of rotatable bonds is 5. The van der Waals surface area contributed by atoms with Crippen molar-refractivity contribution in [1.29, 1.82) is 0 Å². The van der Waals surface area contributed by atoms with Crippen molar-refractivity contribution in [2.45, 2.75) is 45.8 Å². The van der Waals surface area contributed by atoms with E-state index in [2.05, 4.69) is 44.4 Å². The molecular formula is C27H30N2O2. The van der Waals surface area contributed by atoms with E-state index in [9.17, 15) is 4.79 Å². The molecule has 31 heavy (non-hydrogen) atoms. The number of fused-ring (bicyclic) bond motifs is 1. The van der Waals surface area contributed by atoms with E-state index in [1.165, 1.54) is 16.7 Å². The number of nitrogens with one attached hydrogen (secondary N) is 1. The van der Waals surface area contributed by atoms with Gasteiger partial charge in [0.15, 0.2) is 0 Å². The summed E-state index contributed by atoms with van der Waals surface area (Å²) in [5, 5.41) is 1.99. The molecule has 4 rings (SSSR count). The molecule has 160 valence electrons. The summed E-state index contributed by atoms with van der Waals surface area (Å²) in [6.07, 6.45) is 0.837. The van der Waals surface area contributed by atoms with E-state index in [-0.39, 0.29) is 11.3 Å². The van der Waals surface area contributed by atoms with Crippen molar-refractivity contribution in [1.82, 2.24) is 10.4 Å². The van der Waals surface area contributed by atoms with Gasteiger partial charge in [-0.2, -0.15) is 0 Å². The maximum absolute atomic E-state index is 12.7. The van der Waals surface area contributed by atoms with Gasteiger partial charge in [0, 0.05) is 24.2 Å². The van der Waals surface area contributed by atoms with Crippen molar-refractivity contribution in [3.05, 3.63) is 101 Å². The molecule has 1 heterocycles. The SMILES string of the molecule is CC(C)(C)c1ccc(C(=O)NN2CCc3c(cccc3OCc3ccccc3)C2)cc1. The summed E-state index contributed by atoms with van der Waals surface area (Å²) in [5.41, 5.74) is 8.63. The maximum atomic E-state index is 12.7. The van der Waals surface area contributed by atoms with Crippen molar-refractivity contribution in [2.75, 3.05) is 6.54 Å². The molecular weight excluding hydrogens is 384 g/mol. The van der Waals surface area contributed by atoms with Crippen LogP contribution in [-0.2, 0) is 25.0 Å². The fourth-order valence-electron chi connectivity index (χ4n) is 3.87. The smallest absolute Gasteiger partial charge is 0.265 e. The van der Waals surface area contributed by atoms with Gasteiger partial charge in [-0.1, -0.05) is 75.4 Å². The fourth-order valence-corrected chi connectivity index (χ4v) is 3.87. The van der Waals surface area contributed by atoms with Crippen LogP contribution >= 0.6 is 0 Å². The third kappa shape index (κ3) is 5.15. The summed E-state index contributed by atoms with van der Waals surface area (Å²) in [4.78, 5) is 12.7. The largest absolute Gasteiger partial charge is 0.489 e. The van der Waals surface area contributed by atoms with Crippen LogP contribution in [-0.4, -0.2) is 17.5 Å². The molecule has 0 fully saturated rings. The van der Waals surface area contributed by atoms with Crippen molar-refractivity contribution < 1.29 is 9.53 Å². The molecule has 4 heteroatoms. The highest BCUT2D eigenvalue weighted by Crippen LogP contribution is 2.28. The van der Waals surface area contributed by atoms with Crippen LogP contribution in [0.1, 0.15) is 53.4 Å². The van der Waals surface area contributed by atoms with Gasteiger partial charge in [0.25, 0.3) is 5.91 Å². The Bertz CT molecular complexity index is 1040. The van der Waals surface area contributed by atoms with E-state index in [1.807, 2.05) is 59.6 Å². The van der Waals surface area contributed by atoms with Gasteiger partial charge >= 0.3 is 0 Å². The van der Waals surface area contributed by atoms with Crippen LogP contribution in [0.4, 0.5) is 0 Å². The first-order chi connectivity index (χ1) is 14.9. The van der Waals surface area contributed by atoms with Crippen LogP contribution < -0.4 is 10.2 Å². The number of amides is 1. The minimum atomic E-state index is -0.0691. The molecule has 1 aliphatic heterocycles. The summed E-state index contributed by atoms with van der Waals surface area (Å²) in [6, 6.07) is 24.3. The van der Waals surface area contributed by atoms with Gasteiger partial charge in [-0.3, -0.25) is 10.2 Å². The molecule has 0 aromatic heterocycles. The minimum absolute atomic E-state index is 0.0691. The molecule has 0 unspecified atom stereocenters. The van der Waals surface area contributed by atoms with Crippen LogP contribution in [0.5, 0.6) is 5.75 Å². The number of carbonyl (C=O) groups is 1. The Morgan fingerprint density at radius 3 is 2.42 bits per heavy atom. The molecule has 1 N–H and O–H groups in total. The Kier molecular flexibility index (Phi) is 6.10. The maximum Gasteiger partial charge on any atom is 0.265 e. The topological polar surface area (TPSA) is 41.6 Å². The van der Waals surface area contributed by atoms with E-state index >= 15 is 0 Å². The first-order valence-electron chi connectivity index (χ1n) is 10.8. The van der Waals surface area contributed by atoms with E-state index in [1.54, 1.807) is 0 Å². The number of hydrazine groups is 1. The predicted molar refractivity (Wildman–Crippen MR) is 124 cm³/mol. The summed E-state index contributed by atoms with van der Waals surface area (Å²) in [6.45, 7) is 8.50. The number of ether oxygens (including phenoxy) is 1. The van der Waals surface area contributed by atoms with Gasteiger partial charge in [-0.15, -0.1) is 0 Å². The third-order valence-corrected chi connectivity index (χ3v) is 5.73. The average molecular weight is 415 g/mol. The van der Waals surface area contributed by atoms with E-state index in [4.69, 9.17) is 4.74 Å².